The first-order valence-electron chi connectivity index (χ1n) is 8.91. The van der Waals surface area contributed by atoms with Crippen molar-refractivity contribution in [2.24, 2.45) is 0 Å². The monoisotopic (exact) mass is 299 g/mol. The average molecular weight is 299 g/mol. The Kier molecular flexibility index (Phi) is 11.7. The second kappa shape index (κ2) is 12.0. The van der Waals surface area contributed by atoms with Gasteiger partial charge in [-0.15, -0.1) is 0 Å². The second-order valence-corrected chi connectivity index (χ2v) is 6.80. The third kappa shape index (κ3) is 12.9. The molecule has 0 heterocycles. The van der Waals surface area contributed by atoms with E-state index >= 15 is 0 Å². The van der Waals surface area contributed by atoms with Crippen LogP contribution in [0, 0.1) is 0 Å². The summed E-state index contributed by atoms with van der Waals surface area (Å²) in [7, 11) is 0. The normalized spacial score (nSPS) is 11.7. The minimum absolute atomic E-state index is 0.183. The Labute approximate surface area is 132 Å². The summed E-state index contributed by atoms with van der Waals surface area (Å²) in [6.45, 7) is 8.83. The minimum Gasteiger partial charge on any atom is -0.389 e. The Bertz CT molecular complexity index is 258. The van der Waals surface area contributed by atoms with Gasteiger partial charge in [0.05, 0.1) is 5.60 Å². The van der Waals surface area contributed by atoms with E-state index in [1.54, 1.807) is 18.7 Å². The molecule has 0 unspecified atom stereocenters. The van der Waals surface area contributed by atoms with Crippen molar-refractivity contribution in [1.29, 1.82) is 0 Å². The number of carbonyl (C=O) groups is 1. The van der Waals surface area contributed by atoms with Crippen molar-refractivity contribution in [2.75, 3.05) is 13.1 Å². The predicted octanol–water partition coefficient (Wildman–Crippen LogP) is 4.53. The van der Waals surface area contributed by atoms with Crippen LogP contribution in [-0.2, 0) is 4.79 Å². The summed E-state index contributed by atoms with van der Waals surface area (Å²) in [5, 5.41) is 9.80. The van der Waals surface area contributed by atoms with Crippen LogP contribution in [0.5, 0.6) is 0 Å². The van der Waals surface area contributed by atoms with Crippen LogP contribution in [-0.4, -0.2) is 34.6 Å². The topological polar surface area (TPSA) is 40.5 Å². The number of unbranched alkanes of at least 4 members (excludes halogenated alkanes) is 8. The highest BCUT2D eigenvalue weighted by molar-refractivity contribution is 5.76. The van der Waals surface area contributed by atoms with Crippen LogP contribution in [0.1, 0.15) is 91.9 Å². The third-order valence-electron chi connectivity index (χ3n) is 3.81. The first kappa shape index (κ1) is 20.4. The highest BCUT2D eigenvalue weighted by Crippen LogP contribution is 2.12. The summed E-state index contributed by atoms with van der Waals surface area (Å²) in [6, 6.07) is 0. The largest absolute Gasteiger partial charge is 0.389 e. The molecular formula is C18H37NO2. The van der Waals surface area contributed by atoms with E-state index in [9.17, 15) is 9.90 Å². The Hall–Kier alpha value is -0.570. The molecule has 126 valence electrons. The highest BCUT2D eigenvalue weighted by Gasteiger charge is 2.20. The summed E-state index contributed by atoms with van der Waals surface area (Å²) >= 11 is 0. The number of rotatable bonds is 13. The molecule has 0 atom stereocenters. The summed E-state index contributed by atoms with van der Waals surface area (Å²) in [5.41, 5.74) is -0.801. The molecule has 0 aliphatic rings. The maximum atomic E-state index is 12.1. The van der Waals surface area contributed by atoms with Gasteiger partial charge in [-0.3, -0.25) is 4.79 Å². The van der Waals surface area contributed by atoms with Crippen molar-refractivity contribution in [3.8, 4) is 0 Å². The van der Waals surface area contributed by atoms with E-state index in [0.29, 0.717) is 19.5 Å². The van der Waals surface area contributed by atoms with Crippen LogP contribution in [0.25, 0.3) is 0 Å². The number of nitrogens with zero attached hydrogens (tertiary/aromatic N) is 1. The van der Waals surface area contributed by atoms with Crippen molar-refractivity contribution in [3.63, 3.8) is 0 Å². The Balaban J connectivity index is 3.60. The number of likely N-dealkylation sites (N-methyl/N-ethyl adjacent to an activating group) is 1. The van der Waals surface area contributed by atoms with Crippen molar-refractivity contribution in [2.45, 2.75) is 97.5 Å². The van der Waals surface area contributed by atoms with Gasteiger partial charge in [0.25, 0.3) is 0 Å². The molecule has 0 aromatic carbocycles. The lowest BCUT2D eigenvalue weighted by Gasteiger charge is -2.28. The van der Waals surface area contributed by atoms with Crippen molar-refractivity contribution < 1.29 is 9.90 Å². The van der Waals surface area contributed by atoms with E-state index in [2.05, 4.69) is 6.92 Å². The predicted molar refractivity (Wildman–Crippen MR) is 90.4 cm³/mol. The van der Waals surface area contributed by atoms with Crippen molar-refractivity contribution >= 4 is 5.91 Å². The molecule has 0 aromatic rings. The maximum absolute atomic E-state index is 12.1. The molecule has 0 spiro atoms. The van der Waals surface area contributed by atoms with E-state index in [0.717, 1.165) is 12.8 Å². The van der Waals surface area contributed by atoms with Gasteiger partial charge < -0.3 is 10.0 Å². The van der Waals surface area contributed by atoms with Crippen LogP contribution in [0.3, 0.4) is 0 Å². The average Bonchev–Trinajstić information content (AvgIpc) is 2.41. The molecular weight excluding hydrogens is 262 g/mol. The Morgan fingerprint density at radius 2 is 1.38 bits per heavy atom. The van der Waals surface area contributed by atoms with Crippen LogP contribution in [0.4, 0.5) is 0 Å². The standard InChI is InChI=1S/C18H37NO2/c1-5-7-8-9-10-11-12-13-14-15-17(20)19(6-2)16-18(3,4)21/h21H,5-16H2,1-4H3. The van der Waals surface area contributed by atoms with E-state index in [4.69, 9.17) is 0 Å². The van der Waals surface area contributed by atoms with Gasteiger partial charge in [-0.05, 0) is 27.2 Å². The van der Waals surface area contributed by atoms with Gasteiger partial charge in [-0.1, -0.05) is 58.3 Å². The van der Waals surface area contributed by atoms with Gasteiger partial charge in [-0.2, -0.15) is 0 Å². The van der Waals surface area contributed by atoms with Gasteiger partial charge in [0.2, 0.25) is 5.91 Å². The minimum atomic E-state index is -0.801. The number of hydrogen-bond acceptors (Lipinski definition) is 2. The molecule has 1 N–H and O–H groups in total. The molecule has 0 aliphatic carbocycles. The number of aliphatic hydroxyl groups is 1. The number of amides is 1. The van der Waals surface area contributed by atoms with Crippen molar-refractivity contribution in [1.82, 2.24) is 4.90 Å². The Morgan fingerprint density at radius 1 is 0.905 bits per heavy atom. The van der Waals surface area contributed by atoms with Gasteiger partial charge >= 0.3 is 0 Å². The van der Waals surface area contributed by atoms with Gasteiger partial charge in [0, 0.05) is 19.5 Å². The summed E-state index contributed by atoms with van der Waals surface area (Å²) < 4.78 is 0. The molecule has 0 saturated carbocycles. The summed E-state index contributed by atoms with van der Waals surface area (Å²) in [4.78, 5) is 13.8. The number of hydrogen-bond donors (Lipinski definition) is 1. The van der Waals surface area contributed by atoms with Crippen LogP contribution in [0.15, 0.2) is 0 Å². The second-order valence-electron chi connectivity index (χ2n) is 6.80. The smallest absolute Gasteiger partial charge is 0.222 e. The van der Waals surface area contributed by atoms with Crippen LogP contribution < -0.4 is 0 Å². The molecule has 0 aromatic heterocycles. The number of carbonyl (C=O) groups excluding carboxylic acids is 1. The molecule has 0 saturated heterocycles. The van der Waals surface area contributed by atoms with Crippen LogP contribution in [0.2, 0.25) is 0 Å². The molecule has 0 bridgehead atoms. The van der Waals surface area contributed by atoms with E-state index < -0.39 is 5.60 Å². The first-order valence-corrected chi connectivity index (χ1v) is 8.91. The van der Waals surface area contributed by atoms with E-state index in [-0.39, 0.29) is 5.91 Å². The van der Waals surface area contributed by atoms with Gasteiger partial charge in [0.1, 0.15) is 0 Å². The van der Waals surface area contributed by atoms with Crippen molar-refractivity contribution in [3.05, 3.63) is 0 Å². The van der Waals surface area contributed by atoms with Gasteiger partial charge in [-0.25, -0.2) is 0 Å². The molecule has 0 aliphatic heterocycles. The fraction of sp³-hybridized carbons (Fsp3) is 0.944. The molecule has 3 nitrogen and oxygen atoms in total. The molecule has 3 heteroatoms. The highest BCUT2D eigenvalue weighted by atomic mass is 16.3. The SMILES string of the molecule is CCCCCCCCCCCC(=O)N(CC)CC(C)(C)O. The quantitative estimate of drug-likeness (QED) is 0.508. The summed E-state index contributed by atoms with van der Waals surface area (Å²) in [5.74, 6) is 0.183. The van der Waals surface area contributed by atoms with Gasteiger partial charge in [0.15, 0.2) is 0 Å². The molecule has 1 amide bonds. The van der Waals surface area contributed by atoms with E-state index in [1.165, 1.54) is 44.9 Å². The van der Waals surface area contributed by atoms with Crippen LogP contribution >= 0.6 is 0 Å². The zero-order valence-electron chi connectivity index (χ0n) is 14.8. The molecule has 21 heavy (non-hydrogen) atoms. The lowest BCUT2D eigenvalue weighted by Crippen LogP contribution is -2.42. The molecule has 0 radical (unpaired) electrons. The maximum Gasteiger partial charge on any atom is 0.222 e. The lowest BCUT2D eigenvalue weighted by atomic mass is 10.1. The molecule has 0 rings (SSSR count). The van der Waals surface area contributed by atoms with E-state index in [1.807, 2.05) is 6.92 Å². The lowest BCUT2D eigenvalue weighted by molar-refractivity contribution is -0.134. The fourth-order valence-electron chi connectivity index (χ4n) is 2.59. The third-order valence-corrected chi connectivity index (χ3v) is 3.81. The molecule has 0 fully saturated rings. The zero-order chi connectivity index (χ0) is 16.1. The fourth-order valence-corrected chi connectivity index (χ4v) is 2.59. The first-order chi connectivity index (χ1) is 9.90. The summed E-state index contributed by atoms with van der Waals surface area (Å²) in [6.07, 6.45) is 12.1. The zero-order valence-corrected chi connectivity index (χ0v) is 14.8. The Morgan fingerprint density at radius 3 is 1.81 bits per heavy atom.